The van der Waals surface area contributed by atoms with Crippen LogP contribution in [-0.2, 0) is 23.9 Å². The van der Waals surface area contributed by atoms with Crippen LogP contribution in [0.2, 0.25) is 0 Å². The molecule has 208 valence electrons. The molecule has 0 fully saturated rings. The van der Waals surface area contributed by atoms with Crippen molar-refractivity contribution in [3.63, 3.8) is 0 Å². The van der Waals surface area contributed by atoms with Crippen molar-refractivity contribution in [3.8, 4) is 11.5 Å². The summed E-state index contributed by atoms with van der Waals surface area (Å²) in [6.45, 7) is 10.8. The normalized spacial score (nSPS) is 15.0. The fourth-order valence-electron chi connectivity index (χ4n) is 3.82. The fraction of sp³-hybridized carbons (Fsp3) is 0.630. The van der Waals surface area contributed by atoms with Crippen molar-refractivity contribution >= 4 is 24.1 Å². The highest BCUT2D eigenvalue weighted by atomic mass is 16.7. The standard InChI is InChI=1S/C27H41NO9/c1-7-10-16(4)25(31)36-21-13-12-19(15-22(21)37-26(32)17(5)11-8-2)20(23(28)24(29)30)14-18(6)35-27(33)34-9-3/h12-13,15-18,20,23H,7-11,14,28H2,1-6H3,(H,29,30)/t16?,17?,18?,20?,23-/m0/s1. The summed E-state index contributed by atoms with van der Waals surface area (Å²) in [4.78, 5) is 48.8. The smallest absolute Gasteiger partial charge is 0.480 e. The molecule has 0 saturated heterocycles. The minimum atomic E-state index is -1.35. The molecule has 0 bridgehead atoms. The van der Waals surface area contributed by atoms with Crippen molar-refractivity contribution in [1.29, 1.82) is 0 Å². The van der Waals surface area contributed by atoms with E-state index < -0.39 is 48.0 Å². The fourth-order valence-corrected chi connectivity index (χ4v) is 3.82. The Balaban J connectivity index is 3.39. The third-order valence-electron chi connectivity index (χ3n) is 5.93. The van der Waals surface area contributed by atoms with Crippen LogP contribution in [0.4, 0.5) is 4.79 Å². The first-order chi connectivity index (χ1) is 17.4. The summed E-state index contributed by atoms with van der Waals surface area (Å²) in [5, 5.41) is 9.61. The molecule has 0 aliphatic carbocycles. The molecule has 10 heteroatoms. The van der Waals surface area contributed by atoms with Gasteiger partial charge in [-0.15, -0.1) is 0 Å². The van der Waals surface area contributed by atoms with E-state index in [4.69, 9.17) is 24.7 Å². The van der Waals surface area contributed by atoms with Gasteiger partial charge in [0.25, 0.3) is 0 Å². The second kappa shape index (κ2) is 15.9. The number of ether oxygens (including phenoxy) is 4. The summed E-state index contributed by atoms with van der Waals surface area (Å²) in [6.07, 6.45) is 1.27. The van der Waals surface area contributed by atoms with Gasteiger partial charge in [-0.05, 0) is 50.8 Å². The highest BCUT2D eigenvalue weighted by molar-refractivity contribution is 5.79. The van der Waals surface area contributed by atoms with Crippen LogP contribution >= 0.6 is 0 Å². The molecule has 10 nitrogen and oxygen atoms in total. The maximum atomic E-state index is 12.7. The van der Waals surface area contributed by atoms with Crippen LogP contribution in [0, 0.1) is 11.8 Å². The van der Waals surface area contributed by atoms with Crippen molar-refractivity contribution in [1.82, 2.24) is 0 Å². The minimum Gasteiger partial charge on any atom is -0.480 e. The van der Waals surface area contributed by atoms with Gasteiger partial charge in [0.15, 0.2) is 11.5 Å². The Bertz CT molecular complexity index is 917. The number of carbonyl (C=O) groups is 4. The van der Waals surface area contributed by atoms with E-state index in [-0.39, 0.29) is 30.4 Å². The SMILES string of the molecule is CCCC(C)C(=O)Oc1ccc(C(CC(C)OC(=O)OCC)[C@H](N)C(=O)O)cc1OC(=O)C(C)CCC. The predicted octanol–water partition coefficient (Wildman–Crippen LogP) is 4.82. The van der Waals surface area contributed by atoms with Crippen LogP contribution in [0.5, 0.6) is 11.5 Å². The van der Waals surface area contributed by atoms with Gasteiger partial charge in [0, 0.05) is 5.92 Å². The summed E-state index contributed by atoms with van der Waals surface area (Å²) in [5.74, 6) is -3.77. The number of benzene rings is 1. The van der Waals surface area contributed by atoms with Crippen molar-refractivity contribution in [2.45, 2.75) is 91.7 Å². The molecule has 0 spiro atoms. The van der Waals surface area contributed by atoms with E-state index in [1.165, 1.54) is 12.1 Å². The average molecular weight is 524 g/mol. The van der Waals surface area contributed by atoms with E-state index in [0.717, 1.165) is 12.8 Å². The molecule has 0 aromatic heterocycles. The highest BCUT2D eigenvalue weighted by Crippen LogP contribution is 2.35. The van der Waals surface area contributed by atoms with Gasteiger partial charge in [0.1, 0.15) is 12.1 Å². The highest BCUT2D eigenvalue weighted by Gasteiger charge is 2.31. The van der Waals surface area contributed by atoms with Crippen molar-refractivity contribution < 1.29 is 43.2 Å². The zero-order valence-electron chi connectivity index (χ0n) is 22.7. The van der Waals surface area contributed by atoms with Crippen LogP contribution in [0.3, 0.4) is 0 Å². The van der Waals surface area contributed by atoms with E-state index in [0.29, 0.717) is 18.4 Å². The number of carboxylic acids is 1. The molecule has 37 heavy (non-hydrogen) atoms. The van der Waals surface area contributed by atoms with Gasteiger partial charge in [-0.1, -0.05) is 46.6 Å². The molecule has 1 aromatic rings. The topological polar surface area (TPSA) is 151 Å². The minimum absolute atomic E-state index is 0.0101. The second-order valence-corrected chi connectivity index (χ2v) is 9.25. The molecule has 0 heterocycles. The first-order valence-electron chi connectivity index (χ1n) is 12.8. The Morgan fingerprint density at radius 3 is 1.92 bits per heavy atom. The molecule has 4 unspecified atom stereocenters. The quantitative estimate of drug-likeness (QED) is 0.242. The lowest BCUT2D eigenvalue weighted by atomic mass is 9.87. The van der Waals surface area contributed by atoms with Gasteiger partial charge in [-0.3, -0.25) is 14.4 Å². The zero-order valence-corrected chi connectivity index (χ0v) is 22.7. The largest absolute Gasteiger partial charge is 0.508 e. The second-order valence-electron chi connectivity index (χ2n) is 9.25. The summed E-state index contributed by atoms with van der Waals surface area (Å²) in [5.41, 5.74) is 6.42. The van der Waals surface area contributed by atoms with Gasteiger partial charge >= 0.3 is 24.1 Å². The van der Waals surface area contributed by atoms with Crippen molar-refractivity contribution in [2.75, 3.05) is 6.61 Å². The van der Waals surface area contributed by atoms with Crippen molar-refractivity contribution in [2.24, 2.45) is 17.6 Å². The van der Waals surface area contributed by atoms with Crippen LogP contribution in [0.15, 0.2) is 18.2 Å². The number of hydrogen-bond donors (Lipinski definition) is 2. The summed E-state index contributed by atoms with van der Waals surface area (Å²) < 4.78 is 21.2. The van der Waals surface area contributed by atoms with Gasteiger partial charge in [0.05, 0.1) is 18.4 Å². The first-order valence-corrected chi connectivity index (χ1v) is 12.8. The average Bonchev–Trinajstić information content (AvgIpc) is 2.83. The van der Waals surface area contributed by atoms with Gasteiger partial charge in [-0.25, -0.2) is 4.79 Å². The molecule has 3 N–H and O–H groups in total. The third kappa shape index (κ3) is 10.4. The van der Waals surface area contributed by atoms with E-state index >= 15 is 0 Å². The Labute approximate surface area is 218 Å². The first kappa shape index (κ1) is 31.9. The molecule has 0 saturated carbocycles. The molecule has 0 aliphatic heterocycles. The Kier molecular flexibility index (Phi) is 13.7. The molecule has 0 radical (unpaired) electrons. The monoisotopic (exact) mass is 523 g/mol. The maximum absolute atomic E-state index is 12.7. The summed E-state index contributed by atoms with van der Waals surface area (Å²) >= 11 is 0. The van der Waals surface area contributed by atoms with E-state index in [2.05, 4.69) is 0 Å². The van der Waals surface area contributed by atoms with E-state index in [1.54, 1.807) is 33.8 Å². The lowest BCUT2D eigenvalue weighted by Crippen LogP contribution is -2.38. The van der Waals surface area contributed by atoms with Crippen LogP contribution in [0.1, 0.15) is 85.1 Å². The van der Waals surface area contributed by atoms with Gasteiger partial charge < -0.3 is 29.8 Å². The van der Waals surface area contributed by atoms with Crippen molar-refractivity contribution in [3.05, 3.63) is 23.8 Å². The predicted molar refractivity (Wildman–Crippen MR) is 136 cm³/mol. The van der Waals surface area contributed by atoms with E-state index in [9.17, 15) is 24.3 Å². The molecular formula is C27H41NO9. The summed E-state index contributed by atoms with van der Waals surface area (Å²) in [6, 6.07) is 3.12. The van der Waals surface area contributed by atoms with Crippen LogP contribution in [0.25, 0.3) is 0 Å². The molecule has 1 rings (SSSR count). The lowest BCUT2D eigenvalue weighted by Gasteiger charge is -2.25. The number of aliphatic carboxylic acids is 1. The molecule has 1 aromatic carbocycles. The zero-order chi connectivity index (χ0) is 28.1. The van der Waals surface area contributed by atoms with E-state index in [1.807, 2.05) is 13.8 Å². The third-order valence-corrected chi connectivity index (χ3v) is 5.93. The Morgan fingerprint density at radius 2 is 1.43 bits per heavy atom. The molecular weight excluding hydrogens is 482 g/mol. The Hall–Kier alpha value is -3.14. The van der Waals surface area contributed by atoms with Gasteiger partial charge in [0.2, 0.25) is 0 Å². The molecule has 0 aliphatic rings. The molecule has 5 atom stereocenters. The van der Waals surface area contributed by atoms with Gasteiger partial charge in [-0.2, -0.15) is 0 Å². The number of carboxylic acid groups (broad SMARTS) is 1. The Morgan fingerprint density at radius 1 is 0.892 bits per heavy atom. The van der Waals surface area contributed by atoms with Crippen LogP contribution < -0.4 is 15.2 Å². The number of esters is 2. The lowest BCUT2D eigenvalue weighted by molar-refractivity contribution is -0.141. The number of carbonyl (C=O) groups excluding carboxylic acids is 3. The molecule has 0 amide bonds. The van der Waals surface area contributed by atoms with Crippen LogP contribution in [-0.4, -0.2) is 47.9 Å². The summed E-state index contributed by atoms with van der Waals surface area (Å²) in [7, 11) is 0. The number of hydrogen-bond acceptors (Lipinski definition) is 9. The maximum Gasteiger partial charge on any atom is 0.508 e. The number of rotatable bonds is 15. The number of nitrogens with two attached hydrogens (primary N) is 1.